The maximum Gasteiger partial charge on any atom is 0.307 e. The van der Waals surface area contributed by atoms with Gasteiger partial charge in [0.2, 0.25) is 0 Å². The zero-order valence-corrected chi connectivity index (χ0v) is 12.9. The summed E-state index contributed by atoms with van der Waals surface area (Å²) >= 11 is 0. The minimum absolute atomic E-state index is 0.183. The van der Waals surface area contributed by atoms with Gasteiger partial charge < -0.3 is 10.1 Å². The van der Waals surface area contributed by atoms with Crippen molar-refractivity contribution in [3.63, 3.8) is 0 Å². The number of ether oxygens (including phenoxy) is 1. The molecule has 1 atom stereocenters. The van der Waals surface area contributed by atoms with Gasteiger partial charge in [-0.15, -0.1) is 0 Å². The van der Waals surface area contributed by atoms with Crippen molar-refractivity contribution in [1.29, 1.82) is 0 Å². The number of carbonyl (C=O) groups excluding carboxylic acids is 2. The van der Waals surface area contributed by atoms with Crippen molar-refractivity contribution in [2.24, 2.45) is 5.92 Å². The number of esters is 1. The van der Waals surface area contributed by atoms with Crippen molar-refractivity contribution in [2.45, 2.75) is 25.3 Å². The Morgan fingerprint density at radius 3 is 2.70 bits per heavy atom. The number of nitrogens with zero attached hydrogens (tertiary/aromatic N) is 2. The molecule has 0 spiro atoms. The molecule has 1 aromatic heterocycles. The molecule has 1 heterocycles. The predicted octanol–water partition coefficient (Wildman–Crippen LogP) is 1.94. The molecule has 6 heteroatoms. The summed E-state index contributed by atoms with van der Waals surface area (Å²) in [6.07, 6.45) is 4.00. The van der Waals surface area contributed by atoms with Crippen LogP contribution in [0.1, 0.15) is 29.8 Å². The van der Waals surface area contributed by atoms with Gasteiger partial charge in [0.25, 0.3) is 5.91 Å². The van der Waals surface area contributed by atoms with Crippen LogP contribution in [-0.2, 0) is 9.53 Å². The second kappa shape index (κ2) is 6.64. The van der Waals surface area contributed by atoms with Crippen molar-refractivity contribution < 1.29 is 14.3 Å². The molecular weight excluding hydrogens is 294 g/mol. The molecule has 23 heavy (non-hydrogen) atoms. The molecule has 120 valence electrons. The van der Waals surface area contributed by atoms with Crippen LogP contribution in [0.4, 0.5) is 0 Å². The van der Waals surface area contributed by atoms with E-state index in [0.717, 1.165) is 18.5 Å². The lowest BCUT2D eigenvalue weighted by Crippen LogP contribution is -2.38. The van der Waals surface area contributed by atoms with Gasteiger partial charge in [0.15, 0.2) is 5.69 Å². The topological polar surface area (TPSA) is 73.2 Å². The molecule has 0 radical (unpaired) electrons. The third-order valence-corrected chi connectivity index (χ3v) is 3.96. The average molecular weight is 313 g/mol. The molecule has 0 bridgehead atoms. The maximum atomic E-state index is 12.4. The lowest BCUT2D eigenvalue weighted by molar-refractivity contribution is -0.141. The van der Waals surface area contributed by atoms with Crippen LogP contribution in [-0.4, -0.2) is 34.8 Å². The first-order chi connectivity index (χ1) is 11.2. The summed E-state index contributed by atoms with van der Waals surface area (Å²) in [5.41, 5.74) is 1.23. The number of hydrogen-bond donors (Lipinski definition) is 1. The van der Waals surface area contributed by atoms with E-state index in [1.165, 1.54) is 7.11 Å². The van der Waals surface area contributed by atoms with Crippen LogP contribution < -0.4 is 5.32 Å². The Kier molecular flexibility index (Phi) is 4.41. The van der Waals surface area contributed by atoms with Crippen LogP contribution in [0.15, 0.2) is 42.6 Å². The molecule has 1 fully saturated rings. The molecule has 3 rings (SSSR count). The molecule has 2 aromatic rings. The zero-order valence-electron chi connectivity index (χ0n) is 12.9. The van der Waals surface area contributed by atoms with Crippen LogP contribution in [0.5, 0.6) is 0 Å². The molecule has 1 aromatic carbocycles. The predicted molar refractivity (Wildman–Crippen MR) is 84.2 cm³/mol. The lowest BCUT2D eigenvalue weighted by Gasteiger charge is -2.16. The van der Waals surface area contributed by atoms with Gasteiger partial charge in [-0.05, 0) is 37.0 Å². The summed E-state index contributed by atoms with van der Waals surface area (Å²) in [4.78, 5) is 23.8. The van der Waals surface area contributed by atoms with E-state index < -0.39 is 0 Å². The van der Waals surface area contributed by atoms with Crippen LogP contribution in [0.25, 0.3) is 5.69 Å². The summed E-state index contributed by atoms with van der Waals surface area (Å²) in [7, 11) is 1.36. The van der Waals surface area contributed by atoms with Crippen molar-refractivity contribution in [1.82, 2.24) is 15.1 Å². The number of hydrogen-bond acceptors (Lipinski definition) is 4. The van der Waals surface area contributed by atoms with Crippen molar-refractivity contribution in [2.75, 3.05) is 7.11 Å². The van der Waals surface area contributed by atoms with E-state index in [-0.39, 0.29) is 24.3 Å². The van der Waals surface area contributed by atoms with E-state index in [9.17, 15) is 9.59 Å². The standard InChI is InChI=1S/C17H19N3O3/c1-23-16(21)11-15(12-7-8-12)18-17(22)14-9-10-20(19-14)13-5-3-2-4-6-13/h2-6,9-10,12,15H,7-8,11H2,1H3,(H,18,22). The molecule has 0 saturated heterocycles. The summed E-state index contributed by atoms with van der Waals surface area (Å²) in [5, 5.41) is 7.21. The quantitative estimate of drug-likeness (QED) is 0.827. The van der Waals surface area contributed by atoms with Crippen LogP contribution in [0, 0.1) is 5.92 Å². The smallest absolute Gasteiger partial charge is 0.307 e. The Balaban J connectivity index is 1.68. The summed E-state index contributed by atoms with van der Waals surface area (Å²) in [5.74, 6) is -0.216. The van der Waals surface area contributed by atoms with Gasteiger partial charge in [0, 0.05) is 12.2 Å². The minimum atomic E-state index is -0.308. The molecule has 0 aliphatic heterocycles. The van der Waals surface area contributed by atoms with Gasteiger partial charge in [-0.3, -0.25) is 9.59 Å². The Hall–Kier alpha value is -2.63. The van der Waals surface area contributed by atoms with Gasteiger partial charge in [-0.1, -0.05) is 18.2 Å². The number of methoxy groups -OCH3 is 1. The van der Waals surface area contributed by atoms with Gasteiger partial charge >= 0.3 is 5.97 Å². The Morgan fingerprint density at radius 2 is 2.04 bits per heavy atom. The highest BCUT2D eigenvalue weighted by molar-refractivity contribution is 5.92. The Bertz CT molecular complexity index is 692. The first kappa shape index (κ1) is 15.3. The highest BCUT2D eigenvalue weighted by atomic mass is 16.5. The third kappa shape index (κ3) is 3.77. The van der Waals surface area contributed by atoms with E-state index in [0.29, 0.717) is 11.6 Å². The van der Waals surface area contributed by atoms with E-state index in [4.69, 9.17) is 4.74 Å². The fourth-order valence-electron chi connectivity index (χ4n) is 2.51. The minimum Gasteiger partial charge on any atom is -0.469 e. The number of aromatic nitrogens is 2. The Morgan fingerprint density at radius 1 is 1.30 bits per heavy atom. The van der Waals surface area contributed by atoms with Gasteiger partial charge in [0.05, 0.1) is 19.2 Å². The number of nitrogens with one attached hydrogen (secondary N) is 1. The van der Waals surface area contributed by atoms with Gasteiger partial charge in [-0.25, -0.2) is 4.68 Å². The monoisotopic (exact) mass is 313 g/mol. The molecule has 6 nitrogen and oxygen atoms in total. The van der Waals surface area contributed by atoms with E-state index in [1.54, 1.807) is 16.9 Å². The second-order valence-corrected chi connectivity index (χ2v) is 5.68. The highest BCUT2D eigenvalue weighted by Gasteiger charge is 2.34. The number of para-hydroxylation sites is 1. The fourth-order valence-corrected chi connectivity index (χ4v) is 2.51. The number of carbonyl (C=O) groups is 2. The summed E-state index contributed by atoms with van der Waals surface area (Å²) in [6, 6.07) is 11.1. The zero-order chi connectivity index (χ0) is 16.2. The van der Waals surface area contributed by atoms with Crippen LogP contribution >= 0.6 is 0 Å². The first-order valence-electron chi connectivity index (χ1n) is 7.66. The Labute approximate surface area is 134 Å². The highest BCUT2D eigenvalue weighted by Crippen LogP contribution is 2.34. The lowest BCUT2D eigenvalue weighted by atomic mass is 10.1. The summed E-state index contributed by atoms with van der Waals surface area (Å²) in [6.45, 7) is 0. The fraction of sp³-hybridized carbons (Fsp3) is 0.353. The van der Waals surface area contributed by atoms with Crippen molar-refractivity contribution in [3.8, 4) is 5.69 Å². The number of rotatable bonds is 6. The van der Waals surface area contributed by atoms with E-state index in [1.807, 2.05) is 30.3 Å². The first-order valence-corrected chi connectivity index (χ1v) is 7.66. The molecule has 1 N–H and O–H groups in total. The molecule has 1 amide bonds. The second-order valence-electron chi connectivity index (χ2n) is 5.68. The van der Waals surface area contributed by atoms with Gasteiger partial charge in [-0.2, -0.15) is 5.10 Å². The maximum absolute atomic E-state index is 12.4. The largest absolute Gasteiger partial charge is 0.469 e. The average Bonchev–Trinajstić information content (AvgIpc) is 3.31. The summed E-state index contributed by atoms with van der Waals surface area (Å²) < 4.78 is 6.35. The van der Waals surface area contributed by atoms with Crippen LogP contribution in [0.3, 0.4) is 0 Å². The molecule has 1 saturated carbocycles. The SMILES string of the molecule is COC(=O)CC(NC(=O)c1ccn(-c2ccccc2)n1)C1CC1. The molecule has 1 unspecified atom stereocenters. The van der Waals surface area contributed by atoms with Gasteiger partial charge in [0.1, 0.15) is 0 Å². The van der Waals surface area contributed by atoms with Crippen molar-refractivity contribution >= 4 is 11.9 Å². The number of benzene rings is 1. The number of amides is 1. The normalized spacial score (nSPS) is 15.0. The molecular formula is C17H19N3O3. The van der Waals surface area contributed by atoms with E-state index in [2.05, 4.69) is 10.4 Å². The van der Waals surface area contributed by atoms with E-state index >= 15 is 0 Å². The molecule has 1 aliphatic carbocycles. The molecule has 1 aliphatic rings. The van der Waals surface area contributed by atoms with Crippen LogP contribution in [0.2, 0.25) is 0 Å². The third-order valence-electron chi connectivity index (χ3n) is 3.96. The van der Waals surface area contributed by atoms with Crippen molar-refractivity contribution in [3.05, 3.63) is 48.3 Å².